The fourth-order valence-electron chi connectivity index (χ4n) is 4.56. The standard InChI is InChI=1S/C27H30N6O2/c1-4-8-23-28-25(24-19(2)30-33(26(24)29-23)21-9-6-5-7-10-21)31-15-17-32(18-16-31)27(34)20-11-13-22(35-3)14-12-20/h5-7,9-14H,4,8,15-18H2,1-3H3. The number of aryl methyl sites for hydroxylation is 2. The van der Waals surface area contributed by atoms with Gasteiger partial charge >= 0.3 is 0 Å². The van der Waals surface area contributed by atoms with Gasteiger partial charge in [-0.25, -0.2) is 14.6 Å². The van der Waals surface area contributed by atoms with Crippen LogP contribution in [0.25, 0.3) is 16.7 Å². The summed E-state index contributed by atoms with van der Waals surface area (Å²) in [6.07, 6.45) is 1.77. The van der Waals surface area contributed by atoms with Gasteiger partial charge in [0.05, 0.1) is 23.9 Å². The summed E-state index contributed by atoms with van der Waals surface area (Å²) in [4.78, 5) is 27.1. The molecule has 3 heterocycles. The molecule has 1 fully saturated rings. The lowest BCUT2D eigenvalue weighted by atomic mass is 10.1. The molecule has 0 radical (unpaired) electrons. The van der Waals surface area contributed by atoms with Crippen LogP contribution in [0.4, 0.5) is 5.82 Å². The summed E-state index contributed by atoms with van der Waals surface area (Å²) in [5, 5.41) is 5.80. The Kier molecular flexibility index (Phi) is 6.35. The summed E-state index contributed by atoms with van der Waals surface area (Å²) >= 11 is 0. The van der Waals surface area contributed by atoms with Gasteiger partial charge in [0.25, 0.3) is 5.91 Å². The Morgan fingerprint density at radius 3 is 2.34 bits per heavy atom. The summed E-state index contributed by atoms with van der Waals surface area (Å²) in [6.45, 7) is 6.82. The third kappa shape index (κ3) is 4.43. The number of para-hydroxylation sites is 1. The van der Waals surface area contributed by atoms with Gasteiger partial charge in [0, 0.05) is 38.2 Å². The largest absolute Gasteiger partial charge is 0.497 e. The van der Waals surface area contributed by atoms with Crippen LogP contribution in [-0.2, 0) is 6.42 Å². The Bertz CT molecular complexity index is 1330. The lowest BCUT2D eigenvalue weighted by Gasteiger charge is -2.35. The van der Waals surface area contributed by atoms with Crippen molar-refractivity contribution in [2.75, 3.05) is 38.2 Å². The van der Waals surface area contributed by atoms with E-state index < -0.39 is 0 Å². The van der Waals surface area contributed by atoms with Crippen LogP contribution in [0, 0.1) is 6.92 Å². The maximum atomic E-state index is 13.0. The van der Waals surface area contributed by atoms with Crippen LogP contribution in [0.3, 0.4) is 0 Å². The molecule has 2 aromatic carbocycles. The van der Waals surface area contributed by atoms with Crippen molar-refractivity contribution in [3.05, 3.63) is 71.7 Å². The second kappa shape index (κ2) is 9.74. The molecule has 1 saturated heterocycles. The average molecular weight is 471 g/mol. The number of ether oxygens (including phenoxy) is 1. The molecule has 0 aliphatic carbocycles. The van der Waals surface area contributed by atoms with E-state index in [9.17, 15) is 4.79 Å². The third-order valence-electron chi connectivity index (χ3n) is 6.41. The normalized spacial score (nSPS) is 13.9. The number of amides is 1. The summed E-state index contributed by atoms with van der Waals surface area (Å²) in [7, 11) is 1.62. The zero-order chi connectivity index (χ0) is 24.4. The van der Waals surface area contributed by atoms with Gasteiger partial charge in [-0.2, -0.15) is 5.10 Å². The van der Waals surface area contributed by atoms with E-state index in [4.69, 9.17) is 19.8 Å². The van der Waals surface area contributed by atoms with Gasteiger partial charge in [0.15, 0.2) is 5.65 Å². The highest BCUT2D eigenvalue weighted by atomic mass is 16.5. The van der Waals surface area contributed by atoms with E-state index in [0.717, 1.165) is 52.6 Å². The van der Waals surface area contributed by atoms with E-state index in [2.05, 4.69) is 11.8 Å². The van der Waals surface area contributed by atoms with Crippen LogP contribution in [0.5, 0.6) is 5.75 Å². The summed E-state index contributed by atoms with van der Waals surface area (Å²) < 4.78 is 7.12. The predicted octanol–water partition coefficient (Wildman–Crippen LogP) is 4.05. The molecule has 0 unspecified atom stereocenters. The van der Waals surface area contributed by atoms with Crippen molar-refractivity contribution < 1.29 is 9.53 Å². The predicted molar refractivity (Wildman–Crippen MR) is 137 cm³/mol. The number of hydrogen-bond acceptors (Lipinski definition) is 6. The second-order valence-corrected chi connectivity index (χ2v) is 8.75. The van der Waals surface area contributed by atoms with Crippen LogP contribution >= 0.6 is 0 Å². The SMILES string of the molecule is CCCc1nc(N2CCN(C(=O)c3ccc(OC)cc3)CC2)c2c(C)nn(-c3ccccc3)c2n1. The summed E-state index contributed by atoms with van der Waals surface area (Å²) in [5.41, 5.74) is 3.39. The van der Waals surface area contributed by atoms with E-state index in [-0.39, 0.29) is 5.91 Å². The molecular formula is C27H30N6O2. The fraction of sp³-hybridized carbons (Fsp3) is 0.333. The Labute approximate surface area is 205 Å². The number of anilines is 1. The van der Waals surface area contributed by atoms with Gasteiger partial charge in [0.2, 0.25) is 0 Å². The fourth-order valence-corrected chi connectivity index (χ4v) is 4.56. The molecule has 8 nitrogen and oxygen atoms in total. The Balaban J connectivity index is 1.43. The monoisotopic (exact) mass is 470 g/mol. The summed E-state index contributed by atoms with van der Waals surface area (Å²) in [6, 6.07) is 17.4. The first-order valence-corrected chi connectivity index (χ1v) is 12.1. The molecule has 0 spiro atoms. The third-order valence-corrected chi connectivity index (χ3v) is 6.41. The van der Waals surface area contributed by atoms with Crippen molar-refractivity contribution in [3.63, 3.8) is 0 Å². The van der Waals surface area contributed by atoms with Crippen molar-refractivity contribution >= 4 is 22.8 Å². The van der Waals surface area contributed by atoms with Crippen molar-refractivity contribution in [1.82, 2.24) is 24.6 Å². The van der Waals surface area contributed by atoms with E-state index in [0.29, 0.717) is 31.7 Å². The van der Waals surface area contributed by atoms with Gasteiger partial charge in [-0.1, -0.05) is 25.1 Å². The maximum absolute atomic E-state index is 13.0. The van der Waals surface area contributed by atoms with Crippen LogP contribution < -0.4 is 9.64 Å². The van der Waals surface area contributed by atoms with E-state index in [1.807, 2.05) is 71.1 Å². The zero-order valence-electron chi connectivity index (χ0n) is 20.4. The van der Waals surface area contributed by atoms with Gasteiger partial charge in [-0.05, 0) is 49.7 Å². The number of piperazine rings is 1. The molecule has 8 heteroatoms. The first-order chi connectivity index (χ1) is 17.1. The molecule has 1 aliphatic heterocycles. The van der Waals surface area contributed by atoms with Gasteiger partial charge in [-0.15, -0.1) is 0 Å². The lowest BCUT2D eigenvalue weighted by molar-refractivity contribution is 0.0746. The smallest absolute Gasteiger partial charge is 0.253 e. The number of fused-ring (bicyclic) bond motifs is 1. The first-order valence-electron chi connectivity index (χ1n) is 12.1. The zero-order valence-corrected chi connectivity index (χ0v) is 20.4. The Hall–Kier alpha value is -3.94. The molecule has 4 aromatic rings. The number of benzene rings is 2. The van der Waals surface area contributed by atoms with Gasteiger partial charge < -0.3 is 14.5 Å². The minimum Gasteiger partial charge on any atom is -0.497 e. The van der Waals surface area contributed by atoms with Gasteiger partial charge in [-0.3, -0.25) is 4.79 Å². The average Bonchev–Trinajstić information content (AvgIpc) is 3.25. The molecule has 180 valence electrons. The second-order valence-electron chi connectivity index (χ2n) is 8.75. The molecule has 0 bridgehead atoms. The quantitative estimate of drug-likeness (QED) is 0.423. The first kappa shape index (κ1) is 22.8. The van der Waals surface area contributed by atoms with E-state index in [1.165, 1.54) is 0 Å². The highest BCUT2D eigenvalue weighted by molar-refractivity contribution is 5.95. The van der Waals surface area contributed by atoms with Crippen molar-refractivity contribution in [1.29, 1.82) is 0 Å². The van der Waals surface area contributed by atoms with Crippen molar-refractivity contribution in [2.45, 2.75) is 26.7 Å². The number of carbonyl (C=O) groups excluding carboxylic acids is 1. The number of methoxy groups -OCH3 is 1. The highest BCUT2D eigenvalue weighted by Crippen LogP contribution is 2.30. The van der Waals surface area contributed by atoms with Crippen LogP contribution in [0.2, 0.25) is 0 Å². The molecule has 2 aromatic heterocycles. The van der Waals surface area contributed by atoms with Crippen LogP contribution in [0.15, 0.2) is 54.6 Å². The maximum Gasteiger partial charge on any atom is 0.253 e. The molecule has 0 atom stereocenters. The Morgan fingerprint density at radius 2 is 1.69 bits per heavy atom. The number of nitrogens with zero attached hydrogens (tertiary/aromatic N) is 6. The molecule has 35 heavy (non-hydrogen) atoms. The molecule has 1 amide bonds. The molecule has 0 saturated carbocycles. The molecule has 1 aliphatic rings. The Morgan fingerprint density at radius 1 is 0.971 bits per heavy atom. The van der Waals surface area contributed by atoms with Gasteiger partial charge in [0.1, 0.15) is 17.4 Å². The number of carbonyl (C=O) groups is 1. The topological polar surface area (TPSA) is 76.4 Å². The minimum atomic E-state index is 0.0416. The molecule has 0 N–H and O–H groups in total. The van der Waals surface area contributed by atoms with Crippen molar-refractivity contribution in [3.8, 4) is 11.4 Å². The van der Waals surface area contributed by atoms with Crippen LogP contribution in [-0.4, -0.2) is 63.8 Å². The number of hydrogen-bond donors (Lipinski definition) is 0. The lowest BCUT2D eigenvalue weighted by Crippen LogP contribution is -2.49. The van der Waals surface area contributed by atoms with E-state index >= 15 is 0 Å². The molecular weight excluding hydrogens is 440 g/mol. The van der Waals surface area contributed by atoms with E-state index in [1.54, 1.807) is 7.11 Å². The number of rotatable bonds is 6. The number of aromatic nitrogens is 4. The van der Waals surface area contributed by atoms with Crippen molar-refractivity contribution in [2.24, 2.45) is 0 Å². The molecule has 5 rings (SSSR count). The highest BCUT2D eigenvalue weighted by Gasteiger charge is 2.26. The minimum absolute atomic E-state index is 0.0416. The summed E-state index contributed by atoms with van der Waals surface area (Å²) in [5.74, 6) is 2.52. The van der Waals surface area contributed by atoms with Crippen LogP contribution in [0.1, 0.15) is 35.2 Å².